The lowest BCUT2D eigenvalue weighted by Gasteiger charge is -2.51. The molecule has 7 nitrogen and oxygen atoms in total. The molecule has 0 amide bonds. The van der Waals surface area contributed by atoms with Gasteiger partial charge in [-0.3, -0.25) is 9.80 Å². The predicted molar refractivity (Wildman–Crippen MR) is 127 cm³/mol. The summed E-state index contributed by atoms with van der Waals surface area (Å²) < 4.78 is 13.3. The first-order chi connectivity index (χ1) is 16.1. The zero-order valence-corrected chi connectivity index (χ0v) is 19.8. The minimum Gasteiger partial charge on any atom is -0.493 e. The molecule has 1 spiro atoms. The van der Waals surface area contributed by atoms with Crippen LogP contribution in [0.1, 0.15) is 29.8 Å². The van der Waals surface area contributed by atoms with Gasteiger partial charge in [-0.2, -0.15) is 0 Å². The highest BCUT2D eigenvalue weighted by Crippen LogP contribution is 2.49. The van der Waals surface area contributed by atoms with Crippen LogP contribution in [0.4, 0.5) is 0 Å². The van der Waals surface area contributed by atoms with Crippen LogP contribution in [0.5, 0.6) is 11.5 Å². The Morgan fingerprint density at radius 1 is 0.970 bits per heavy atom. The molecule has 2 aliphatic heterocycles. The Bertz CT molecular complexity index is 1080. The third-order valence-corrected chi connectivity index (χ3v) is 7.04. The van der Waals surface area contributed by atoms with Crippen molar-refractivity contribution < 1.29 is 9.47 Å². The Labute approximate surface area is 195 Å². The standard InChI is InChI=1S/C26H33N5O2/c1-4-33-23-11-10-21(12-24(23)32-3)14-31-17-26(18-31)16-30(13-20-8-6-5-7-9-20)15-22(26)25-28-27-19-29(25)2/h5-12,19,22H,4,13-18H2,1-3H3. The number of aryl methyl sites for hydroxylation is 1. The number of benzene rings is 2. The van der Waals surface area contributed by atoms with Gasteiger partial charge in [0, 0.05) is 57.6 Å². The van der Waals surface area contributed by atoms with Gasteiger partial charge in [0.05, 0.1) is 13.7 Å². The lowest BCUT2D eigenvalue weighted by atomic mass is 9.71. The average Bonchev–Trinajstić information content (AvgIpc) is 3.38. The summed E-state index contributed by atoms with van der Waals surface area (Å²) in [4.78, 5) is 5.12. The number of methoxy groups -OCH3 is 1. The molecule has 1 atom stereocenters. The maximum Gasteiger partial charge on any atom is 0.161 e. The Morgan fingerprint density at radius 3 is 2.42 bits per heavy atom. The van der Waals surface area contributed by atoms with Crippen LogP contribution in [-0.4, -0.2) is 64.5 Å². The quantitative estimate of drug-likeness (QED) is 0.528. The van der Waals surface area contributed by atoms with E-state index in [4.69, 9.17) is 9.47 Å². The van der Waals surface area contributed by atoms with E-state index >= 15 is 0 Å². The lowest BCUT2D eigenvalue weighted by molar-refractivity contribution is -0.0116. The van der Waals surface area contributed by atoms with Gasteiger partial charge in [0.25, 0.3) is 0 Å². The Hall–Kier alpha value is -2.90. The maximum atomic E-state index is 5.67. The van der Waals surface area contributed by atoms with Crippen LogP contribution in [0.3, 0.4) is 0 Å². The topological polar surface area (TPSA) is 55.7 Å². The van der Waals surface area contributed by atoms with E-state index in [1.807, 2.05) is 19.3 Å². The van der Waals surface area contributed by atoms with Crippen LogP contribution >= 0.6 is 0 Å². The van der Waals surface area contributed by atoms with Crippen LogP contribution < -0.4 is 9.47 Å². The third-order valence-electron chi connectivity index (χ3n) is 7.04. The second kappa shape index (κ2) is 9.15. The van der Waals surface area contributed by atoms with E-state index in [-0.39, 0.29) is 5.41 Å². The first kappa shape index (κ1) is 21.9. The molecule has 1 unspecified atom stereocenters. The highest BCUT2D eigenvalue weighted by molar-refractivity contribution is 5.43. The molecule has 2 fully saturated rings. The lowest BCUT2D eigenvalue weighted by Crippen LogP contribution is -2.59. The fourth-order valence-corrected chi connectivity index (χ4v) is 5.62. The Balaban J connectivity index is 1.30. The second-order valence-corrected chi connectivity index (χ2v) is 9.43. The molecule has 5 rings (SSSR count). The minimum atomic E-state index is 0.213. The van der Waals surface area contributed by atoms with Crippen molar-refractivity contribution in [3.63, 3.8) is 0 Å². The summed E-state index contributed by atoms with van der Waals surface area (Å²) in [5.41, 5.74) is 2.83. The van der Waals surface area contributed by atoms with Gasteiger partial charge in [0.2, 0.25) is 0 Å². The molecule has 3 aromatic rings. The number of aromatic nitrogens is 3. The Morgan fingerprint density at radius 2 is 1.73 bits per heavy atom. The van der Waals surface area contributed by atoms with Crippen LogP contribution in [-0.2, 0) is 20.1 Å². The molecule has 0 bridgehead atoms. The molecule has 0 aliphatic carbocycles. The maximum absolute atomic E-state index is 5.67. The molecular weight excluding hydrogens is 414 g/mol. The first-order valence-electron chi connectivity index (χ1n) is 11.7. The van der Waals surface area contributed by atoms with Crippen molar-refractivity contribution in [1.29, 1.82) is 0 Å². The van der Waals surface area contributed by atoms with Gasteiger partial charge in [-0.25, -0.2) is 0 Å². The molecule has 2 aromatic carbocycles. The van der Waals surface area contributed by atoms with E-state index in [1.54, 1.807) is 7.11 Å². The van der Waals surface area contributed by atoms with Crippen molar-refractivity contribution in [1.82, 2.24) is 24.6 Å². The molecule has 174 valence electrons. The predicted octanol–water partition coefficient (Wildman–Crippen LogP) is 3.32. The van der Waals surface area contributed by atoms with Crippen molar-refractivity contribution in [3.05, 3.63) is 71.8 Å². The number of ether oxygens (including phenoxy) is 2. The zero-order valence-electron chi connectivity index (χ0n) is 19.8. The van der Waals surface area contributed by atoms with Crippen molar-refractivity contribution in [2.45, 2.75) is 25.9 Å². The van der Waals surface area contributed by atoms with Gasteiger partial charge in [0.15, 0.2) is 11.5 Å². The van der Waals surface area contributed by atoms with Crippen LogP contribution in [0.2, 0.25) is 0 Å². The van der Waals surface area contributed by atoms with E-state index in [1.165, 1.54) is 11.1 Å². The van der Waals surface area contributed by atoms with E-state index in [9.17, 15) is 0 Å². The summed E-state index contributed by atoms with van der Waals surface area (Å²) >= 11 is 0. The zero-order chi connectivity index (χ0) is 22.8. The molecule has 0 saturated carbocycles. The molecule has 33 heavy (non-hydrogen) atoms. The molecule has 3 heterocycles. The van der Waals surface area contributed by atoms with E-state index in [2.05, 4.69) is 74.1 Å². The number of likely N-dealkylation sites (tertiary alicyclic amines) is 2. The molecule has 7 heteroatoms. The summed E-state index contributed by atoms with van der Waals surface area (Å²) in [6.07, 6.45) is 1.82. The second-order valence-electron chi connectivity index (χ2n) is 9.43. The fourth-order valence-electron chi connectivity index (χ4n) is 5.62. The van der Waals surface area contributed by atoms with Gasteiger partial charge in [-0.05, 0) is 30.2 Å². The summed E-state index contributed by atoms with van der Waals surface area (Å²) in [5, 5.41) is 8.70. The molecule has 0 radical (unpaired) electrons. The van der Waals surface area contributed by atoms with Gasteiger partial charge in [-0.1, -0.05) is 36.4 Å². The number of hydrogen-bond acceptors (Lipinski definition) is 6. The number of nitrogens with zero attached hydrogens (tertiary/aromatic N) is 5. The van der Waals surface area contributed by atoms with E-state index in [0.29, 0.717) is 12.5 Å². The largest absolute Gasteiger partial charge is 0.493 e. The van der Waals surface area contributed by atoms with Crippen LogP contribution in [0.25, 0.3) is 0 Å². The summed E-state index contributed by atoms with van der Waals surface area (Å²) in [5.74, 6) is 3.10. The van der Waals surface area contributed by atoms with Crippen LogP contribution in [0.15, 0.2) is 54.9 Å². The highest BCUT2D eigenvalue weighted by atomic mass is 16.5. The first-order valence-corrected chi connectivity index (χ1v) is 11.7. The van der Waals surface area contributed by atoms with E-state index in [0.717, 1.165) is 56.6 Å². The van der Waals surface area contributed by atoms with Crippen molar-refractivity contribution in [2.24, 2.45) is 12.5 Å². The number of hydrogen-bond donors (Lipinski definition) is 0. The summed E-state index contributed by atoms with van der Waals surface area (Å²) in [7, 11) is 3.76. The van der Waals surface area contributed by atoms with Crippen molar-refractivity contribution in [3.8, 4) is 11.5 Å². The van der Waals surface area contributed by atoms with Gasteiger partial charge in [0.1, 0.15) is 12.2 Å². The monoisotopic (exact) mass is 447 g/mol. The van der Waals surface area contributed by atoms with Crippen molar-refractivity contribution >= 4 is 0 Å². The fraction of sp³-hybridized carbons (Fsp3) is 0.462. The number of rotatable bonds is 8. The highest BCUT2D eigenvalue weighted by Gasteiger charge is 2.55. The average molecular weight is 448 g/mol. The van der Waals surface area contributed by atoms with Crippen LogP contribution in [0, 0.1) is 5.41 Å². The Kier molecular flexibility index (Phi) is 6.08. The summed E-state index contributed by atoms with van der Waals surface area (Å²) in [6.45, 7) is 8.74. The van der Waals surface area contributed by atoms with E-state index < -0.39 is 0 Å². The van der Waals surface area contributed by atoms with Crippen molar-refractivity contribution in [2.75, 3.05) is 39.9 Å². The smallest absolute Gasteiger partial charge is 0.161 e. The minimum absolute atomic E-state index is 0.213. The van der Waals surface area contributed by atoms with Gasteiger partial charge >= 0.3 is 0 Å². The van der Waals surface area contributed by atoms with Gasteiger partial charge in [-0.15, -0.1) is 10.2 Å². The van der Waals surface area contributed by atoms with Gasteiger partial charge < -0.3 is 14.0 Å². The molecule has 2 saturated heterocycles. The summed E-state index contributed by atoms with van der Waals surface area (Å²) in [6, 6.07) is 17.0. The molecule has 1 aromatic heterocycles. The SMILES string of the molecule is CCOc1ccc(CN2CC3(CN(Cc4ccccc4)CC3c3nncn3C)C2)cc1OC. The molecular formula is C26H33N5O2. The normalized spacial score (nSPS) is 20.2. The third kappa shape index (κ3) is 4.35. The molecule has 2 aliphatic rings. The molecule has 0 N–H and O–H groups in total.